The summed E-state index contributed by atoms with van der Waals surface area (Å²) in [4.78, 5) is 32.6. The molecule has 0 spiro atoms. The molecule has 0 bridgehead atoms. The number of aliphatic carboxylic acids is 1. The SMILES string of the molecule is CCOC(=O)CCCNC(=O)N[C@@H](CO)C(=O)O. The van der Waals surface area contributed by atoms with Crippen molar-refractivity contribution >= 4 is 18.0 Å². The van der Waals surface area contributed by atoms with Gasteiger partial charge in [-0.3, -0.25) is 4.79 Å². The van der Waals surface area contributed by atoms with Gasteiger partial charge in [0.25, 0.3) is 0 Å². The van der Waals surface area contributed by atoms with Crippen LogP contribution >= 0.6 is 0 Å². The lowest BCUT2D eigenvalue weighted by atomic mass is 10.3. The second-order valence-electron chi connectivity index (χ2n) is 3.38. The molecule has 8 heteroatoms. The minimum Gasteiger partial charge on any atom is -0.480 e. The van der Waals surface area contributed by atoms with E-state index in [1.807, 2.05) is 0 Å². The molecule has 4 N–H and O–H groups in total. The Morgan fingerprint density at radius 2 is 2.00 bits per heavy atom. The van der Waals surface area contributed by atoms with Crippen LogP contribution in [0.2, 0.25) is 0 Å². The Morgan fingerprint density at radius 1 is 1.33 bits per heavy atom. The Labute approximate surface area is 104 Å². The number of esters is 1. The molecule has 0 aliphatic rings. The average molecular weight is 262 g/mol. The maximum absolute atomic E-state index is 11.2. The van der Waals surface area contributed by atoms with Crippen molar-refractivity contribution in [3.63, 3.8) is 0 Å². The zero-order valence-electron chi connectivity index (χ0n) is 10.1. The van der Waals surface area contributed by atoms with Crippen LogP contribution < -0.4 is 10.6 Å². The van der Waals surface area contributed by atoms with E-state index in [9.17, 15) is 14.4 Å². The molecule has 0 heterocycles. The number of hydrogen-bond acceptors (Lipinski definition) is 5. The summed E-state index contributed by atoms with van der Waals surface area (Å²) in [5, 5.41) is 21.7. The number of amides is 2. The topological polar surface area (TPSA) is 125 Å². The predicted molar refractivity (Wildman–Crippen MR) is 60.9 cm³/mol. The molecule has 1 atom stereocenters. The number of hydrogen-bond donors (Lipinski definition) is 4. The Balaban J connectivity index is 3.71. The first kappa shape index (κ1) is 16.2. The highest BCUT2D eigenvalue weighted by Crippen LogP contribution is 1.91. The van der Waals surface area contributed by atoms with Crippen LogP contribution in [-0.2, 0) is 14.3 Å². The van der Waals surface area contributed by atoms with E-state index < -0.39 is 24.6 Å². The summed E-state index contributed by atoms with van der Waals surface area (Å²) in [6, 6.07) is -2.05. The number of carbonyl (C=O) groups excluding carboxylic acids is 2. The molecule has 8 nitrogen and oxygen atoms in total. The Bertz CT molecular complexity index is 294. The van der Waals surface area contributed by atoms with Gasteiger partial charge < -0.3 is 25.6 Å². The number of nitrogens with one attached hydrogen (secondary N) is 2. The van der Waals surface area contributed by atoms with Crippen LogP contribution in [0.4, 0.5) is 4.79 Å². The molecular formula is C10H18N2O6. The number of carboxylic acids is 1. The van der Waals surface area contributed by atoms with Crippen LogP contribution in [0, 0.1) is 0 Å². The first-order valence-electron chi connectivity index (χ1n) is 5.54. The summed E-state index contributed by atoms with van der Waals surface area (Å²) in [6.07, 6.45) is 0.569. The van der Waals surface area contributed by atoms with Crippen molar-refractivity contribution in [1.29, 1.82) is 0 Å². The molecule has 0 aliphatic heterocycles. The fraction of sp³-hybridized carbons (Fsp3) is 0.700. The third-order valence-electron chi connectivity index (χ3n) is 1.93. The molecule has 0 fully saturated rings. The summed E-state index contributed by atoms with van der Waals surface area (Å²) < 4.78 is 4.68. The van der Waals surface area contributed by atoms with E-state index in [1.165, 1.54) is 0 Å². The second-order valence-corrected chi connectivity index (χ2v) is 3.38. The zero-order valence-corrected chi connectivity index (χ0v) is 10.1. The molecule has 0 aromatic carbocycles. The van der Waals surface area contributed by atoms with Gasteiger partial charge in [-0.1, -0.05) is 0 Å². The van der Waals surface area contributed by atoms with E-state index >= 15 is 0 Å². The second kappa shape index (κ2) is 9.23. The van der Waals surface area contributed by atoms with Crippen molar-refractivity contribution in [1.82, 2.24) is 10.6 Å². The van der Waals surface area contributed by atoms with Crippen molar-refractivity contribution in [3.05, 3.63) is 0 Å². The molecule has 0 rings (SSSR count). The normalized spacial score (nSPS) is 11.4. The third kappa shape index (κ3) is 7.44. The van der Waals surface area contributed by atoms with Crippen molar-refractivity contribution in [2.24, 2.45) is 0 Å². The maximum atomic E-state index is 11.2. The highest BCUT2D eigenvalue weighted by Gasteiger charge is 2.18. The molecule has 0 aliphatic carbocycles. The van der Waals surface area contributed by atoms with Crippen molar-refractivity contribution in [2.45, 2.75) is 25.8 Å². The van der Waals surface area contributed by atoms with Crippen LogP contribution in [0.25, 0.3) is 0 Å². The molecule has 0 aromatic heterocycles. The summed E-state index contributed by atoms with van der Waals surface area (Å²) in [6.45, 7) is 1.53. The molecule has 18 heavy (non-hydrogen) atoms. The fourth-order valence-electron chi connectivity index (χ4n) is 1.06. The Hall–Kier alpha value is -1.83. The van der Waals surface area contributed by atoms with Gasteiger partial charge in [0.2, 0.25) is 0 Å². The van der Waals surface area contributed by atoms with E-state index in [0.717, 1.165) is 0 Å². The molecule has 0 radical (unpaired) electrons. The lowest BCUT2D eigenvalue weighted by Crippen LogP contribution is -2.48. The lowest BCUT2D eigenvalue weighted by Gasteiger charge is -2.12. The molecule has 0 saturated heterocycles. The van der Waals surface area contributed by atoms with E-state index in [4.69, 9.17) is 10.2 Å². The van der Waals surface area contributed by atoms with Crippen LogP contribution in [0.15, 0.2) is 0 Å². The van der Waals surface area contributed by atoms with E-state index in [-0.39, 0.29) is 18.9 Å². The van der Waals surface area contributed by atoms with Crippen LogP contribution in [0.1, 0.15) is 19.8 Å². The Kier molecular flexibility index (Phi) is 8.29. The minimum atomic E-state index is -1.34. The van der Waals surface area contributed by atoms with Gasteiger partial charge in [0.1, 0.15) is 0 Å². The summed E-state index contributed by atoms with van der Waals surface area (Å²) in [5.41, 5.74) is 0. The van der Waals surface area contributed by atoms with Crippen molar-refractivity contribution < 1.29 is 29.3 Å². The molecular weight excluding hydrogens is 244 g/mol. The molecule has 104 valence electrons. The first-order chi connectivity index (χ1) is 8.51. The molecule has 0 unspecified atom stereocenters. The number of urea groups is 1. The summed E-state index contributed by atoms with van der Waals surface area (Å²) >= 11 is 0. The van der Waals surface area contributed by atoms with Crippen LogP contribution in [0.5, 0.6) is 0 Å². The van der Waals surface area contributed by atoms with Gasteiger partial charge in [-0.05, 0) is 13.3 Å². The smallest absolute Gasteiger partial charge is 0.328 e. The van der Waals surface area contributed by atoms with Gasteiger partial charge in [0.05, 0.1) is 13.2 Å². The lowest BCUT2D eigenvalue weighted by molar-refractivity contribution is -0.143. The van der Waals surface area contributed by atoms with Gasteiger partial charge in [-0.2, -0.15) is 0 Å². The molecule has 2 amide bonds. The Morgan fingerprint density at radius 3 is 2.50 bits per heavy atom. The monoisotopic (exact) mass is 262 g/mol. The average Bonchev–Trinajstić information content (AvgIpc) is 2.31. The minimum absolute atomic E-state index is 0.177. The van der Waals surface area contributed by atoms with E-state index in [2.05, 4.69) is 15.4 Å². The van der Waals surface area contributed by atoms with Crippen molar-refractivity contribution in [2.75, 3.05) is 19.8 Å². The molecule has 0 aromatic rings. The largest absolute Gasteiger partial charge is 0.480 e. The van der Waals surface area contributed by atoms with Gasteiger partial charge in [-0.15, -0.1) is 0 Å². The predicted octanol–water partition coefficient (Wildman–Crippen LogP) is -0.926. The third-order valence-corrected chi connectivity index (χ3v) is 1.93. The summed E-state index contributed by atoms with van der Waals surface area (Å²) in [5.74, 6) is -1.67. The van der Waals surface area contributed by atoms with Crippen LogP contribution in [-0.4, -0.2) is 54.0 Å². The number of carboxylic acid groups (broad SMARTS) is 1. The number of ether oxygens (including phenoxy) is 1. The quantitative estimate of drug-likeness (QED) is 0.331. The van der Waals surface area contributed by atoms with Crippen molar-refractivity contribution in [3.8, 4) is 0 Å². The fourth-order valence-corrected chi connectivity index (χ4v) is 1.06. The first-order valence-corrected chi connectivity index (χ1v) is 5.54. The standard InChI is InChI=1S/C10H18N2O6/c1-2-18-8(14)4-3-5-11-10(17)12-7(6-13)9(15)16/h7,13H,2-6H2,1H3,(H,15,16)(H2,11,12,17)/t7-/m0/s1. The maximum Gasteiger partial charge on any atom is 0.328 e. The van der Waals surface area contributed by atoms with E-state index in [1.54, 1.807) is 6.92 Å². The van der Waals surface area contributed by atoms with Gasteiger partial charge in [-0.25, -0.2) is 9.59 Å². The van der Waals surface area contributed by atoms with Gasteiger partial charge in [0, 0.05) is 13.0 Å². The van der Waals surface area contributed by atoms with Gasteiger partial charge >= 0.3 is 18.0 Å². The summed E-state index contributed by atoms with van der Waals surface area (Å²) in [7, 11) is 0. The van der Waals surface area contributed by atoms with Crippen LogP contribution in [0.3, 0.4) is 0 Å². The number of rotatable bonds is 8. The number of aliphatic hydroxyl groups is 1. The number of carbonyl (C=O) groups is 3. The van der Waals surface area contributed by atoms with Gasteiger partial charge in [0.15, 0.2) is 6.04 Å². The zero-order chi connectivity index (χ0) is 14.0. The van der Waals surface area contributed by atoms with E-state index in [0.29, 0.717) is 13.0 Å². The highest BCUT2D eigenvalue weighted by molar-refractivity contribution is 5.82. The molecule has 0 saturated carbocycles. The number of aliphatic hydroxyl groups excluding tert-OH is 1. The highest BCUT2D eigenvalue weighted by atomic mass is 16.5.